The highest BCUT2D eigenvalue weighted by molar-refractivity contribution is 6.14. The third-order valence-electron chi connectivity index (χ3n) is 14.9. The van der Waals surface area contributed by atoms with Crippen molar-refractivity contribution in [2.45, 2.75) is 70.6 Å². The predicted molar refractivity (Wildman–Crippen MR) is 286 cm³/mol. The fraction of sp³-hybridized carbons (Fsp3) is 0.169. The smallest absolute Gasteiger partial charge is 0.160 e. The predicted octanol–water partition coefficient (Wildman–Crippen LogP) is 16.1. The van der Waals surface area contributed by atoms with Crippen LogP contribution in [0.3, 0.4) is 0 Å². The van der Waals surface area contributed by atoms with Crippen LogP contribution in [-0.2, 0) is 25.7 Å². The Morgan fingerprint density at radius 2 is 1.22 bits per heavy atom. The number of amidine groups is 1. The molecule has 2 aliphatic carbocycles. The summed E-state index contributed by atoms with van der Waals surface area (Å²) in [6, 6.07) is 71.7. The SMILES string of the molecule is C/C1=C(\c2cccc(-n3c4ccccc4c4cc5c(cc43)CCC(Cc3ccccc3)c3ccccc3-5)c2)CCc2cc(/C3=N/C(c4ccccc4)=N\C(c4ccccc4)=C/CC3)ccc2CC1. The molecule has 0 spiro atoms. The van der Waals surface area contributed by atoms with Crippen molar-refractivity contribution in [2.24, 2.45) is 9.98 Å². The van der Waals surface area contributed by atoms with Gasteiger partial charge in [0.2, 0.25) is 0 Å². The van der Waals surface area contributed by atoms with Crippen LogP contribution >= 0.6 is 0 Å². The van der Waals surface area contributed by atoms with Crippen LogP contribution in [0.25, 0.3) is 49.9 Å². The molecule has 1 aliphatic heterocycles. The molecular weight excluding hydrogens is 823 g/mol. The molecule has 0 bridgehead atoms. The third kappa shape index (κ3) is 8.06. The van der Waals surface area contributed by atoms with Gasteiger partial charge in [-0.2, -0.15) is 0 Å². The lowest BCUT2D eigenvalue weighted by molar-refractivity contribution is 0.629. The van der Waals surface area contributed by atoms with Crippen LogP contribution in [0.4, 0.5) is 0 Å². The topological polar surface area (TPSA) is 29.6 Å². The third-order valence-corrected chi connectivity index (χ3v) is 14.9. The number of aromatic nitrogens is 1. The highest BCUT2D eigenvalue weighted by Crippen LogP contribution is 2.44. The number of para-hydroxylation sites is 1. The first-order valence-corrected chi connectivity index (χ1v) is 24.7. The molecule has 9 aromatic rings. The van der Waals surface area contributed by atoms with Gasteiger partial charge in [-0.05, 0) is 168 Å². The minimum atomic E-state index is 0.470. The summed E-state index contributed by atoms with van der Waals surface area (Å²) in [6.45, 7) is 2.37. The zero-order chi connectivity index (χ0) is 45.4. The summed E-state index contributed by atoms with van der Waals surface area (Å²) in [7, 11) is 0. The molecular formula is C65H55N3. The van der Waals surface area contributed by atoms with Crippen LogP contribution in [0.1, 0.15) is 95.0 Å². The minimum Gasteiger partial charge on any atom is -0.309 e. The Morgan fingerprint density at radius 3 is 2.07 bits per heavy atom. The molecule has 3 nitrogen and oxygen atoms in total. The van der Waals surface area contributed by atoms with Gasteiger partial charge in [-0.1, -0.05) is 169 Å². The second-order valence-electron chi connectivity index (χ2n) is 19.0. The Morgan fingerprint density at radius 1 is 0.485 bits per heavy atom. The summed E-state index contributed by atoms with van der Waals surface area (Å²) in [5.74, 6) is 1.23. The van der Waals surface area contributed by atoms with Gasteiger partial charge >= 0.3 is 0 Å². The Balaban J connectivity index is 0.870. The molecule has 0 fully saturated rings. The second-order valence-corrected chi connectivity index (χ2v) is 19.0. The van der Waals surface area contributed by atoms with Crippen molar-refractivity contribution in [1.82, 2.24) is 4.57 Å². The number of hydrogen-bond acceptors (Lipinski definition) is 2. The number of allylic oxidation sites excluding steroid dienone is 3. The minimum absolute atomic E-state index is 0.470. The number of fused-ring (bicyclic) bond motifs is 7. The van der Waals surface area contributed by atoms with Crippen molar-refractivity contribution >= 4 is 44.6 Å². The summed E-state index contributed by atoms with van der Waals surface area (Å²) >= 11 is 0. The van der Waals surface area contributed by atoms with E-state index < -0.39 is 0 Å². The summed E-state index contributed by atoms with van der Waals surface area (Å²) in [4.78, 5) is 10.6. The molecule has 0 N–H and O–H groups in total. The van der Waals surface area contributed by atoms with Crippen LogP contribution < -0.4 is 0 Å². The molecule has 1 atom stereocenters. The number of nitrogens with zero attached hydrogens (tertiary/aromatic N) is 3. The van der Waals surface area contributed by atoms with E-state index in [0.29, 0.717) is 5.92 Å². The first-order chi connectivity index (χ1) is 33.6. The van der Waals surface area contributed by atoms with Crippen LogP contribution in [-0.4, -0.2) is 16.1 Å². The Bertz CT molecular complexity index is 3470. The molecule has 3 aliphatic rings. The summed E-state index contributed by atoms with van der Waals surface area (Å²) < 4.78 is 2.54. The van der Waals surface area contributed by atoms with E-state index in [1.165, 1.54) is 88.7 Å². The molecule has 12 rings (SSSR count). The zero-order valence-corrected chi connectivity index (χ0v) is 38.8. The van der Waals surface area contributed by atoms with Gasteiger partial charge in [0.05, 0.1) is 22.4 Å². The number of benzene rings is 8. The summed E-state index contributed by atoms with van der Waals surface area (Å²) in [6.07, 6.45) is 11.3. The van der Waals surface area contributed by atoms with Gasteiger partial charge in [0.15, 0.2) is 5.84 Å². The summed E-state index contributed by atoms with van der Waals surface area (Å²) in [5.41, 5.74) is 23.5. The van der Waals surface area contributed by atoms with E-state index in [1.54, 1.807) is 0 Å². The number of rotatable bonds is 7. The van der Waals surface area contributed by atoms with E-state index in [1.807, 2.05) is 0 Å². The molecule has 8 aromatic carbocycles. The second kappa shape index (κ2) is 18.2. The number of aliphatic imine (C=N–C) groups is 2. The van der Waals surface area contributed by atoms with E-state index in [4.69, 9.17) is 9.98 Å². The van der Waals surface area contributed by atoms with E-state index in [2.05, 4.69) is 212 Å². The van der Waals surface area contributed by atoms with E-state index in [0.717, 1.165) is 86.2 Å². The van der Waals surface area contributed by atoms with E-state index in [-0.39, 0.29) is 0 Å². The molecule has 3 heteroatoms. The number of hydrogen-bond donors (Lipinski definition) is 0. The molecule has 1 unspecified atom stereocenters. The lowest BCUT2D eigenvalue weighted by atomic mass is 9.85. The largest absolute Gasteiger partial charge is 0.309 e. The van der Waals surface area contributed by atoms with Gasteiger partial charge in [0.1, 0.15) is 0 Å². The van der Waals surface area contributed by atoms with Crippen molar-refractivity contribution in [3.8, 4) is 16.8 Å². The van der Waals surface area contributed by atoms with Gasteiger partial charge in [-0.3, -0.25) is 0 Å². The first-order valence-electron chi connectivity index (χ1n) is 24.7. The molecule has 1 aromatic heterocycles. The maximum absolute atomic E-state index is 5.37. The monoisotopic (exact) mass is 877 g/mol. The lowest BCUT2D eigenvalue weighted by Gasteiger charge is -2.21. The molecule has 0 amide bonds. The Hall–Kier alpha value is -7.62. The van der Waals surface area contributed by atoms with E-state index >= 15 is 0 Å². The van der Waals surface area contributed by atoms with Crippen LogP contribution in [0.15, 0.2) is 216 Å². The highest BCUT2D eigenvalue weighted by atomic mass is 15.0. The van der Waals surface area contributed by atoms with Crippen molar-refractivity contribution in [2.75, 3.05) is 0 Å². The van der Waals surface area contributed by atoms with Gasteiger partial charge < -0.3 is 4.57 Å². The standard InChI is InChI=1S/C65H55N3/c1-44-31-32-46-33-36-53(62-29-16-28-61(47-19-7-3-8-20-47)66-65(67-62)48-21-9-4-10-22-48)40-49(46)37-38-55(44)50-23-15-24-54(41-50)68-63-30-14-13-27-58(63)60-43-59-52(42-64(60)68)35-34-51(39-45-17-5-2-6-18-45)56-25-11-12-26-57(56)59/h2-15,17-28,30,33,36,40-43,51H,16,29,31-32,34-35,37-39H2,1H3/b55-44+,61-28-,66-65-,67-62+. The molecule has 68 heavy (non-hydrogen) atoms. The quantitative estimate of drug-likeness (QED) is 0.153. The molecule has 0 saturated heterocycles. The van der Waals surface area contributed by atoms with Crippen molar-refractivity contribution in [3.63, 3.8) is 0 Å². The lowest BCUT2D eigenvalue weighted by Crippen LogP contribution is -2.11. The van der Waals surface area contributed by atoms with Gasteiger partial charge in [-0.15, -0.1) is 0 Å². The normalized spacial score (nSPS) is 19.6. The molecule has 0 saturated carbocycles. The highest BCUT2D eigenvalue weighted by Gasteiger charge is 2.25. The maximum atomic E-state index is 5.37. The average Bonchev–Trinajstić information content (AvgIpc) is 3.62. The van der Waals surface area contributed by atoms with Gasteiger partial charge in [-0.25, -0.2) is 9.98 Å². The van der Waals surface area contributed by atoms with Gasteiger partial charge in [0, 0.05) is 22.0 Å². The average molecular weight is 878 g/mol. The number of aryl methyl sites for hydroxylation is 3. The van der Waals surface area contributed by atoms with Crippen molar-refractivity contribution < 1.29 is 0 Å². The van der Waals surface area contributed by atoms with Crippen molar-refractivity contribution in [1.29, 1.82) is 0 Å². The summed E-state index contributed by atoms with van der Waals surface area (Å²) in [5, 5.41) is 2.62. The fourth-order valence-electron chi connectivity index (χ4n) is 11.4. The zero-order valence-electron chi connectivity index (χ0n) is 38.8. The maximum Gasteiger partial charge on any atom is 0.160 e. The van der Waals surface area contributed by atoms with Crippen LogP contribution in [0.5, 0.6) is 0 Å². The molecule has 330 valence electrons. The van der Waals surface area contributed by atoms with Gasteiger partial charge in [0.25, 0.3) is 0 Å². The first kappa shape index (κ1) is 41.8. The molecule has 2 heterocycles. The van der Waals surface area contributed by atoms with E-state index in [9.17, 15) is 0 Å². The van der Waals surface area contributed by atoms with Crippen LogP contribution in [0.2, 0.25) is 0 Å². The van der Waals surface area contributed by atoms with Crippen molar-refractivity contribution in [3.05, 3.63) is 256 Å². The fourth-order valence-corrected chi connectivity index (χ4v) is 11.4. The Kier molecular flexibility index (Phi) is 11.2. The van der Waals surface area contributed by atoms with Crippen LogP contribution in [0, 0.1) is 0 Å². The molecule has 0 radical (unpaired) electrons. The Labute approximate surface area is 400 Å².